The zero-order valence-electron chi connectivity index (χ0n) is 19.4. The van der Waals surface area contributed by atoms with Crippen LogP contribution < -0.4 is 5.32 Å². The molecule has 5 rings (SSSR count). The minimum Gasteiger partial charge on any atom is -0.361 e. The summed E-state index contributed by atoms with van der Waals surface area (Å²) in [5.41, 5.74) is 4.65. The topological polar surface area (TPSA) is 60.8 Å². The molecular formula is C29H27F2N3O. The van der Waals surface area contributed by atoms with Gasteiger partial charge in [0.1, 0.15) is 17.2 Å². The molecule has 0 radical (unpaired) electrons. The quantitative estimate of drug-likeness (QED) is 0.290. The summed E-state index contributed by atoms with van der Waals surface area (Å²) in [5, 5.41) is 13.7. The first kappa shape index (κ1) is 23.2. The Balaban J connectivity index is 1.20. The second kappa shape index (κ2) is 9.99. The second-order valence-corrected chi connectivity index (χ2v) is 9.04. The van der Waals surface area contributed by atoms with Crippen molar-refractivity contribution in [3.8, 4) is 6.07 Å². The van der Waals surface area contributed by atoms with Gasteiger partial charge in [-0.1, -0.05) is 30.3 Å². The Kier molecular flexibility index (Phi) is 6.63. The lowest BCUT2D eigenvalue weighted by molar-refractivity contribution is -0.0129. The molecule has 1 aliphatic rings. The van der Waals surface area contributed by atoms with E-state index in [1.807, 2.05) is 30.5 Å². The fraction of sp³-hybridized carbons (Fsp3) is 0.276. The molecule has 1 atom stereocenters. The highest BCUT2D eigenvalue weighted by Crippen LogP contribution is 2.45. The Labute approximate surface area is 203 Å². The third-order valence-electron chi connectivity index (χ3n) is 6.89. The molecule has 2 N–H and O–H groups in total. The van der Waals surface area contributed by atoms with Gasteiger partial charge in [0.15, 0.2) is 0 Å². The van der Waals surface area contributed by atoms with Crippen LogP contribution in [0.2, 0.25) is 0 Å². The van der Waals surface area contributed by atoms with Crippen LogP contribution in [-0.2, 0) is 23.4 Å². The van der Waals surface area contributed by atoms with Gasteiger partial charge < -0.3 is 15.0 Å². The van der Waals surface area contributed by atoms with E-state index in [0.717, 1.165) is 66.4 Å². The molecule has 0 fully saturated rings. The minimum absolute atomic E-state index is 0.221. The molecule has 0 amide bonds. The highest BCUT2D eigenvalue weighted by atomic mass is 19.1. The number of nitrogens with zero attached hydrogens (tertiary/aromatic N) is 1. The fourth-order valence-electron chi connectivity index (χ4n) is 5.14. The molecule has 0 bridgehead atoms. The summed E-state index contributed by atoms with van der Waals surface area (Å²) >= 11 is 0. The number of hydrogen-bond donors (Lipinski definition) is 2. The number of aromatic amines is 1. The maximum absolute atomic E-state index is 13.9. The van der Waals surface area contributed by atoms with E-state index < -0.39 is 5.60 Å². The van der Waals surface area contributed by atoms with Crippen molar-refractivity contribution in [1.29, 1.82) is 5.26 Å². The third kappa shape index (κ3) is 4.58. The summed E-state index contributed by atoms with van der Waals surface area (Å²) in [6, 6.07) is 19.6. The number of fused-ring (bicyclic) bond motifs is 2. The van der Waals surface area contributed by atoms with E-state index in [0.29, 0.717) is 17.7 Å². The van der Waals surface area contributed by atoms with E-state index >= 15 is 0 Å². The molecule has 0 saturated carbocycles. The molecule has 178 valence electrons. The first-order valence-electron chi connectivity index (χ1n) is 12.0. The smallest absolute Gasteiger partial charge is 0.147 e. The third-order valence-corrected chi connectivity index (χ3v) is 6.89. The molecule has 1 unspecified atom stereocenters. The Hall–Kier alpha value is -3.53. The molecule has 3 aromatic carbocycles. The largest absolute Gasteiger partial charge is 0.361 e. The summed E-state index contributed by atoms with van der Waals surface area (Å²) in [6.07, 6.45) is 5.32. The molecule has 35 heavy (non-hydrogen) atoms. The van der Waals surface area contributed by atoms with Crippen molar-refractivity contribution in [2.75, 3.05) is 13.1 Å². The summed E-state index contributed by atoms with van der Waals surface area (Å²) in [6.45, 7) is 2.11. The van der Waals surface area contributed by atoms with Gasteiger partial charge in [-0.25, -0.2) is 8.78 Å². The predicted octanol–water partition coefficient (Wildman–Crippen LogP) is 6.09. The second-order valence-electron chi connectivity index (χ2n) is 9.04. The Morgan fingerprint density at radius 2 is 1.86 bits per heavy atom. The average molecular weight is 472 g/mol. The summed E-state index contributed by atoms with van der Waals surface area (Å²) in [7, 11) is 0. The Morgan fingerprint density at radius 1 is 1.03 bits per heavy atom. The fourth-order valence-corrected chi connectivity index (χ4v) is 5.14. The number of ether oxygens (including phenoxy) is 1. The van der Waals surface area contributed by atoms with Crippen LogP contribution in [-0.4, -0.2) is 18.1 Å². The van der Waals surface area contributed by atoms with Crippen molar-refractivity contribution >= 4 is 10.9 Å². The van der Waals surface area contributed by atoms with Crippen LogP contribution in [0.3, 0.4) is 0 Å². The molecule has 4 nitrogen and oxygen atoms in total. The highest BCUT2D eigenvalue weighted by Gasteiger charge is 2.41. The van der Waals surface area contributed by atoms with Crippen LogP contribution >= 0.6 is 0 Å². The zero-order valence-corrected chi connectivity index (χ0v) is 19.4. The van der Waals surface area contributed by atoms with Gasteiger partial charge in [-0.05, 0) is 91.4 Å². The van der Waals surface area contributed by atoms with E-state index in [2.05, 4.69) is 16.4 Å². The number of benzene rings is 3. The van der Waals surface area contributed by atoms with E-state index in [-0.39, 0.29) is 11.6 Å². The normalized spacial score (nSPS) is 16.9. The number of nitriles is 1. The van der Waals surface area contributed by atoms with Crippen LogP contribution in [0.4, 0.5) is 8.78 Å². The van der Waals surface area contributed by atoms with Crippen molar-refractivity contribution < 1.29 is 13.5 Å². The first-order chi connectivity index (χ1) is 17.1. The molecule has 0 saturated heterocycles. The number of hydrogen-bond acceptors (Lipinski definition) is 3. The minimum atomic E-state index is -0.646. The van der Waals surface area contributed by atoms with Gasteiger partial charge >= 0.3 is 0 Å². The van der Waals surface area contributed by atoms with Gasteiger partial charge in [-0.2, -0.15) is 5.26 Å². The number of aromatic nitrogens is 1. The molecule has 1 aromatic heterocycles. The van der Waals surface area contributed by atoms with Crippen molar-refractivity contribution in [3.05, 3.63) is 106 Å². The molecule has 0 aliphatic carbocycles. The molecule has 1 aliphatic heterocycles. The van der Waals surface area contributed by atoms with E-state index in [4.69, 9.17) is 4.74 Å². The number of halogens is 2. The van der Waals surface area contributed by atoms with Crippen LogP contribution in [0.15, 0.2) is 66.9 Å². The van der Waals surface area contributed by atoms with Crippen molar-refractivity contribution in [2.45, 2.75) is 37.9 Å². The SMILES string of the molecule is N#Cc1ccc2c(c1)COC2(CCCNCCCc1c[nH]c2c(F)cccc12)c1ccc(F)cc1. The van der Waals surface area contributed by atoms with Gasteiger partial charge in [0.05, 0.1) is 23.8 Å². The molecule has 0 spiro atoms. The highest BCUT2D eigenvalue weighted by molar-refractivity contribution is 5.83. The Bertz CT molecular complexity index is 1370. The number of nitrogens with one attached hydrogen (secondary N) is 2. The van der Waals surface area contributed by atoms with E-state index in [1.165, 1.54) is 18.2 Å². The van der Waals surface area contributed by atoms with Crippen LogP contribution in [0, 0.1) is 23.0 Å². The summed E-state index contributed by atoms with van der Waals surface area (Å²) in [4.78, 5) is 3.04. The van der Waals surface area contributed by atoms with Crippen LogP contribution in [0.25, 0.3) is 10.9 Å². The Morgan fingerprint density at radius 3 is 2.69 bits per heavy atom. The van der Waals surface area contributed by atoms with Gasteiger partial charge in [-0.3, -0.25) is 0 Å². The van der Waals surface area contributed by atoms with Gasteiger partial charge in [0.25, 0.3) is 0 Å². The van der Waals surface area contributed by atoms with Crippen LogP contribution in [0.1, 0.15) is 47.1 Å². The maximum atomic E-state index is 13.9. The molecule has 6 heteroatoms. The lowest BCUT2D eigenvalue weighted by Gasteiger charge is -2.30. The lowest BCUT2D eigenvalue weighted by atomic mass is 9.81. The molecule has 2 heterocycles. The number of para-hydroxylation sites is 1. The van der Waals surface area contributed by atoms with Gasteiger partial charge in [-0.15, -0.1) is 0 Å². The summed E-state index contributed by atoms with van der Waals surface area (Å²) in [5.74, 6) is -0.497. The number of rotatable bonds is 9. The standard InChI is InChI=1S/C29H27F2N3O/c30-24-10-8-23(9-11-24)29(26-12-7-20(17-32)16-22(26)19-35-29)13-3-15-33-14-2-4-21-18-34-28-25(21)5-1-6-27(28)31/h1,5-12,16,18,33-34H,2-4,13-15,19H2. The van der Waals surface area contributed by atoms with E-state index in [1.54, 1.807) is 18.2 Å². The van der Waals surface area contributed by atoms with Gasteiger partial charge in [0, 0.05) is 11.6 Å². The van der Waals surface area contributed by atoms with Crippen molar-refractivity contribution in [2.24, 2.45) is 0 Å². The summed E-state index contributed by atoms with van der Waals surface area (Å²) < 4.78 is 33.9. The molecular weight excluding hydrogens is 444 g/mol. The van der Waals surface area contributed by atoms with Crippen molar-refractivity contribution in [3.63, 3.8) is 0 Å². The predicted molar refractivity (Wildman–Crippen MR) is 132 cm³/mol. The zero-order chi connectivity index (χ0) is 24.3. The average Bonchev–Trinajstić information content (AvgIpc) is 3.46. The maximum Gasteiger partial charge on any atom is 0.147 e. The number of H-pyrrole nitrogens is 1. The van der Waals surface area contributed by atoms with E-state index in [9.17, 15) is 14.0 Å². The van der Waals surface area contributed by atoms with Crippen LogP contribution in [0.5, 0.6) is 0 Å². The lowest BCUT2D eigenvalue weighted by Crippen LogP contribution is -2.29. The first-order valence-corrected chi connectivity index (χ1v) is 12.0. The monoisotopic (exact) mass is 471 g/mol. The van der Waals surface area contributed by atoms with Crippen molar-refractivity contribution in [1.82, 2.24) is 10.3 Å². The molecule has 4 aromatic rings. The number of aryl methyl sites for hydroxylation is 1. The van der Waals surface area contributed by atoms with Gasteiger partial charge in [0.2, 0.25) is 0 Å².